The van der Waals surface area contributed by atoms with E-state index >= 15 is 0 Å². The summed E-state index contributed by atoms with van der Waals surface area (Å²) in [5.41, 5.74) is 0. The van der Waals surface area contributed by atoms with Crippen LogP contribution in [0.4, 0.5) is 0 Å². The van der Waals surface area contributed by atoms with Gasteiger partial charge in [0.2, 0.25) is 0 Å². The van der Waals surface area contributed by atoms with Crippen LogP contribution in [0.15, 0.2) is 0 Å². The average Bonchev–Trinajstić information content (AvgIpc) is 3.07. The van der Waals surface area contributed by atoms with E-state index in [0.717, 1.165) is 51.4 Å². The van der Waals surface area contributed by atoms with Crippen molar-refractivity contribution in [1.82, 2.24) is 0 Å². The van der Waals surface area contributed by atoms with Crippen LogP contribution in [0, 0.1) is 0 Å². The van der Waals surface area contributed by atoms with Gasteiger partial charge in [-0.15, -0.1) is 0 Å². The maximum atomic E-state index is 11.7. The number of hydrogen-bond donors (Lipinski definition) is 1. The van der Waals surface area contributed by atoms with E-state index in [1.54, 1.807) is 0 Å². The standard InChI is InChI=1S/C26H54O4S.C14H28O5S.2K.Na.3H/c1-3-5-7-9-11-13-15-16-18-20-22-24-26-30-31(27,28)29-25-23-21-19-17-14-12-10-8-6-4-2;1-2-3-4-5-6-7-8-9-10-11-12-13-14(15)19-20(16,17)18;;;;;;/h3-26H2,1-2H3;2-13H2,1H3,(H,16,17,18);;;;;;/q;;3*+1;3*-1. The van der Waals surface area contributed by atoms with E-state index in [1.807, 2.05) is 0 Å². The minimum Gasteiger partial charge on any atom is -1.00 e. The van der Waals surface area contributed by atoms with Crippen molar-refractivity contribution in [3.05, 3.63) is 0 Å². The van der Waals surface area contributed by atoms with Gasteiger partial charge in [0.1, 0.15) is 0 Å². The van der Waals surface area contributed by atoms with Crippen molar-refractivity contribution in [2.24, 2.45) is 0 Å². The van der Waals surface area contributed by atoms with Gasteiger partial charge in [-0.3, -0.25) is 9.35 Å². The Morgan fingerprint density at radius 1 is 0.426 bits per heavy atom. The smallest absolute Gasteiger partial charge is 1.00 e. The van der Waals surface area contributed by atoms with E-state index in [-0.39, 0.29) is 156 Å². The van der Waals surface area contributed by atoms with Crippen molar-refractivity contribution in [1.29, 1.82) is 0 Å². The first kappa shape index (κ1) is 66.6. The van der Waals surface area contributed by atoms with Crippen LogP contribution in [0.25, 0.3) is 0 Å². The van der Waals surface area contributed by atoms with Crippen LogP contribution in [0.3, 0.4) is 0 Å². The number of rotatable bonds is 39. The molecule has 0 rings (SSSR count). The molecule has 0 radical (unpaired) electrons. The molecule has 0 aliphatic heterocycles. The molecule has 0 fully saturated rings. The van der Waals surface area contributed by atoms with Crippen molar-refractivity contribution < 1.29 is 175 Å². The van der Waals surface area contributed by atoms with E-state index < -0.39 is 26.8 Å². The Morgan fingerprint density at radius 3 is 0.889 bits per heavy atom. The Hall–Kier alpha value is 3.52. The van der Waals surface area contributed by atoms with E-state index in [9.17, 15) is 21.6 Å². The van der Waals surface area contributed by atoms with Gasteiger partial charge in [0.25, 0.3) is 0 Å². The number of carbonyl (C=O) groups is 1. The molecule has 0 unspecified atom stereocenters. The fourth-order valence-corrected chi connectivity index (χ4v) is 7.01. The van der Waals surface area contributed by atoms with Crippen LogP contribution in [0.1, 0.15) is 243 Å². The van der Waals surface area contributed by atoms with Crippen molar-refractivity contribution in [3.63, 3.8) is 0 Å². The van der Waals surface area contributed by atoms with Crippen LogP contribution in [0.5, 0.6) is 0 Å². The molecular formula is C40H85K2NaO9S2. The van der Waals surface area contributed by atoms with Gasteiger partial charge in [0.15, 0.2) is 0 Å². The fraction of sp³-hybridized carbons (Fsp3) is 0.975. The third-order valence-electron chi connectivity index (χ3n) is 9.13. The molecule has 14 heteroatoms. The largest absolute Gasteiger partial charge is 1.00 e. The Balaban J connectivity index is -0.000000136. The van der Waals surface area contributed by atoms with E-state index in [0.29, 0.717) is 6.42 Å². The average molecular weight is 875 g/mol. The molecule has 0 aromatic carbocycles. The number of carbonyl (C=O) groups excluding carboxylic acids is 1. The van der Waals surface area contributed by atoms with Crippen LogP contribution in [0.2, 0.25) is 0 Å². The molecule has 0 saturated heterocycles. The molecule has 0 aliphatic rings. The minimum absolute atomic E-state index is 0. The zero-order chi connectivity index (χ0) is 38.2. The molecule has 0 aromatic rings. The predicted octanol–water partition coefficient (Wildman–Crippen LogP) is 4.27. The Kier molecular flexibility index (Phi) is 65.0. The SMILES string of the molecule is CCCCCCCCCCCCCC(=O)OS(=O)(=O)O.CCCCCCCCCCCCCCOS(=O)(=O)OCCCCCCCCCCCC.[H-].[H-].[H-].[K+].[K+].[Na+]. The summed E-state index contributed by atoms with van der Waals surface area (Å²) in [6, 6.07) is 0. The maximum absolute atomic E-state index is 11.7. The second-order valence-electron chi connectivity index (χ2n) is 14.3. The Morgan fingerprint density at radius 2 is 0.648 bits per heavy atom. The molecular weight excluding hydrogens is 790 g/mol. The molecule has 0 atom stereocenters. The quantitative estimate of drug-likeness (QED) is 0.0547. The van der Waals surface area contributed by atoms with Gasteiger partial charge >= 0.3 is 159 Å². The summed E-state index contributed by atoms with van der Waals surface area (Å²) in [5, 5.41) is 0. The molecule has 0 saturated carbocycles. The summed E-state index contributed by atoms with van der Waals surface area (Å²) in [6.45, 7) is 7.21. The number of unbranched alkanes of at least 4 members (excludes halogenated alkanes) is 30. The molecule has 0 heterocycles. The van der Waals surface area contributed by atoms with E-state index in [1.165, 1.54) is 154 Å². The minimum atomic E-state index is -4.64. The maximum Gasteiger partial charge on any atom is 1.00 e. The molecule has 9 nitrogen and oxygen atoms in total. The van der Waals surface area contributed by atoms with Gasteiger partial charge < -0.3 is 8.46 Å². The summed E-state index contributed by atoms with van der Waals surface area (Å²) in [4.78, 5) is 11.0. The summed E-state index contributed by atoms with van der Waals surface area (Å²) in [7, 11) is -8.44. The van der Waals surface area contributed by atoms with E-state index in [4.69, 9.17) is 12.9 Å². The van der Waals surface area contributed by atoms with Gasteiger partial charge in [-0.05, 0) is 19.3 Å². The van der Waals surface area contributed by atoms with Gasteiger partial charge in [0.05, 0.1) is 13.2 Å². The van der Waals surface area contributed by atoms with Crippen LogP contribution in [-0.4, -0.2) is 40.6 Å². The molecule has 1 N–H and O–H groups in total. The predicted molar refractivity (Wildman–Crippen MR) is 216 cm³/mol. The third kappa shape index (κ3) is 62.2. The van der Waals surface area contributed by atoms with Gasteiger partial charge in [-0.25, -0.2) is 8.37 Å². The van der Waals surface area contributed by atoms with Gasteiger partial charge in [0, 0.05) is 6.42 Å². The molecule has 0 aromatic heterocycles. The van der Waals surface area contributed by atoms with Crippen molar-refractivity contribution in [2.75, 3.05) is 13.2 Å². The van der Waals surface area contributed by atoms with Gasteiger partial charge in [-0.2, -0.15) is 16.8 Å². The zero-order valence-corrected chi connectivity index (χ0v) is 46.4. The molecule has 0 bridgehead atoms. The fourth-order valence-electron chi connectivity index (χ4n) is 5.98. The summed E-state index contributed by atoms with van der Waals surface area (Å²) in [5.74, 6) is -0.886. The third-order valence-corrected chi connectivity index (χ3v) is 10.4. The molecule has 0 aliphatic carbocycles. The second-order valence-corrected chi connectivity index (χ2v) is 16.6. The van der Waals surface area contributed by atoms with Crippen molar-refractivity contribution in [2.45, 2.75) is 239 Å². The first-order valence-electron chi connectivity index (χ1n) is 21.3. The molecule has 314 valence electrons. The monoisotopic (exact) mass is 874 g/mol. The summed E-state index contributed by atoms with van der Waals surface area (Å²) in [6.07, 6.45) is 40.1. The molecule has 0 spiro atoms. The van der Waals surface area contributed by atoms with Crippen molar-refractivity contribution in [3.8, 4) is 0 Å². The van der Waals surface area contributed by atoms with Crippen molar-refractivity contribution >= 4 is 26.8 Å². The summed E-state index contributed by atoms with van der Waals surface area (Å²) >= 11 is 0. The van der Waals surface area contributed by atoms with E-state index in [2.05, 4.69) is 25.0 Å². The topological polar surface area (TPSA) is 133 Å². The zero-order valence-electron chi connectivity index (χ0n) is 39.5. The summed E-state index contributed by atoms with van der Waals surface area (Å²) < 4.78 is 66.0. The van der Waals surface area contributed by atoms with Crippen LogP contribution >= 0.6 is 0 Å². The Bertz CT molecular complexity index is 961. The molecule has 0 amide bonds. The van der Waals surface area contributed by atoms with Crippen LogP contribution < -0.4 is 132 Å². The molecule has 54 heavy (non-hydrogen) atoms. The Labute approximate surface area is 447 Å². The second kappa shape index (κ2) is 52.7. The first-order chi connectivity index (χ1) is 24.6. The first-order valence-corrected chi connectivity index (χ1v) is 24.0. The van der Waals surface area contributed by atoms with Crippen LogP contribution in [-0.2, 0) is 38.1 Å². The normalized spacial score (nSPS) is 11.1. The van der Waals surface area contributed by atoms with Gasteiger partial charge in [-0.1, -0.05) is 213 Å². The number of hydrogen-bond acceptors (Lipinski definition) is 8.